The van der Waals surface area contributed by atoms with Crippen LogP contribution in [0.1, 0.15) is 5.69 Å². The van der Waals surface area contributed by atoms with Crippen molar-refractivity contribution >= 4 is 30.5 Å². The molecular formula is C13H16ClN5O2. The van der Waals surface area contributed by atoms with Gasteiger partial charge in [0.15, 0.2) is 5.96 Å². The lowest BCUT2D eigenvalue weighted by Crippen LogP contribution is -2.20. The molecule has 5 N–H and O–H groups in total. The van der Waals surface area contributed by atoms with Crippen LogP contribution in [0.2, 0.25) is 0 Å². The van der Waals surface area contributed by atoms with Gasteiger partial charge < -0.3 is 15.8 Å². The highest BCUT2D eigenvalue weighted by molar-refractivity contribution is 5.89. The van der Waals surface area contributed by atoms with Crippen LogP contribution in [0, 0.1) is 5.41 Å². The lowest BCUT2D eigenvalue weighted by atomic mass is 10.1. The SMILES string of the molecule is Cl.N=C(N)Nc1ccc(-c2cc(CCOC=O)n[nH]2)cc1. The molecule has 0 fully saturated rings. The number of ether oxygens (including phenoxy) is 1. The Morgan fingerprint density at radius 3 is 2.76 bits per heavy atom. The number of nitrogens with zero attached hydrogens (tertiary/aromatic N) is 1. The number of aromatic nitrogens is 2. The van der Waals surface area contributed by atoms with E-state index in [1.54, 1.807) is 0 Å². The molecule has 0 amide bonds. The molecule has 21 heavy (non-hydrogen) atoms. The Kier molecular flexibility index (Phi) is 6.22. The molecule has 0 unspecified atom stereocenters. The highest BCUT2D eigenvalue weighted by atomic mass is 35.5. The largest absolute Gasteiger partial charge is 0.467 e. The molecule has 0 aliphatic heterocycles. The fraction of sp³-hybridized carbons (Fsp3) is 0.154. The molecule has 0 saturated heterocycles. The minimum atomic E-state index is -0.100. The van der Waals surface area contributed by atoms with Gasteiger partial charge in [0.05, 0.1) is 18.0 Å². The van der Waals surface area contributed by atoms with Crippen LogP contribution >= 0.6 is 12.4 Å². The van der Waals surface area contributed by atoms with Crippen molar-refractivity contribution < 1.29 is 9.53 Å². The molecule has 0 aliphatic rings. The second-order valence-electron chi connectivity index (χ2n) is 4.11. The smallest absolute Gasteiger partial charge is 0.293 e. The monoisotopic (exact) mass is 309 g/mol. The van der Waals surface area contributed by atoms with E-state index in [0.29, 0.717) is 19.5 Å². The number of guanidine groups is 1. The lowest BCUT2D eigenvalue weighted by molar-refractivity contribution is -0.128. The summed E-state index contributed by atoms with van der Waals surface area (Å²) < 4.78 is 4.63. The number of carbonyl (C=O) groups excluding carboxylic acids is 1. The second kappa shape index (κ2) is 7.91. The van der Waals surface area contributed by atoms with Crippen LogP contribution in [0.15, 0.2) is 30.3 Å². The normalized spacial score (nSPS) is 9.52. The van der Waals surface area contributed by atoms with E-state index in [2.05, 4.69) is 20.3 Å². The zero-order valence-electron chi connectivity index (χ0n) is 11.1. The molecule has 1 heterocycles. The van der Waals surface area contributed by atoms with Gasteiger partial charge in [-0.3, -0.25) is 15.3 Å². The molecule has 0 bridgehead atoms. The van der Waals surface area contributed by atoms with Crippen molar-refractivity contribution in [3.05, 3.63) is 36.0 Å². The summed E-state index contributed by atoms with van der Waals surface area (Å²) in [6.45, 7) is 0.740. The number of nitrogens with one attached hydrogen (secondary N) is 3. The van der Waals surface area contributed by atoms with Gasteiger partial charge >= 0.3 is 0 Å². The van der Waals surface area contributed by atoms with Gasteiger partial charge in [-0.15, -0.1) is 12.4 Å². The number of nitrogens with two attached hydrogens (primary N) is 1. The average molecular weight is 310 g/mol. The maximum atomic E-state index is 10.0. The minimum Gasteiger partial charge on any atom is -0.467 e. The molecule has 7 nitrogen and oxygen atoms in total. The van der Waals surface area contributed by atoms with Gasteiger partial charge in [-0.1, -0.05) is 12.1 Å². The second-order valence-corrected chi connectivity index (χ2v) is 4.11. The first-order valence-corrected chi connectivity index (χ1v) is 6.00. The summed E-state index contributed by atoms with van der Waals surface area (Å²) >= 11 is 0. The van der Waals surface area contributed by atoms with E-state index in [4.69, 9.17) is 11.1 Å². The van der Waals surface area contributed by atoms with Crippen molar-refractivity contribution in [2.45, 2.75) is 6.42 Å². The van der Waals surface area contributed by atoms with E-state index < -0.39 is 0 Å². The van der Waals surface area contributed by atoms with E-state index >= 15 is 0 Å². The summed E-state index contributed by atoms with van der Waals surface area (Å²) in [5.74, 6) is -0.100. The van der Waals surface area contributed by atoms with E-state index in [-0.39, 0.29) is 18.4 Å². The molecule has 0 aliphatic carbocycles. The molecule has 1 aromatic carbocycles. The molecule has 2 aromatic rings. The Morgan fingerprint density at radius 2 is 2.14 bits per heavy atom. The van der Waals surface area contributed by atoms with Gasteiger partial charge in [-0.2, -0.15) is 5.10 Å². The van der Waals surface area contributed by atoms with Crippen molar-refractivity contribution in [1.82, 2.24) is 10.2 Å². The molecule has 1 aromatic heterocycles. The number of benzene rings is 1. The van der Waals surface area contributed by atoms with Crippen molar-refractivity contribution in [1.29, 1.82) is 5.41 Å². The fourth-order valence-electron chi connectivity index (χ4n) is 1.74. The number of halogens is 1. The summed E-state index contributed by atoms with van der Waals surface area (Å²) in [5, 5.41) is 16.9. The van der Waals surface area contributed by atoms with Gasteiger partial charge in [0.25, 0.3) is 6.47 Å². The van der Waals surface area contributed by atoms with Gasteiger partial charge in [0.2, 0.25) is 0 Å². The number of H-pyrrole nitrogens is 1. The number of hydrogen-bond acceptors (Lipinski definition) is 4. The summed E-state index contributed by atoms with van der Waals surface area (Å²) in [6.07, 6.45) is 0.569. The first-order chi connectivity index (χ1) is 9.69. The van der Waals surface area contributed by atoms with Crippen molar-refractivity contribution in [3.63, 3.8) is 0 Å². The summed E-state index contributed by atoms with van der Waals surface area (Å²) in [5.41, 5.74) is 8.67. The Bertz CT molecular complexity index is 597. The maximum absolute atomic E-state index is 10.0. The number of rotatable bonds is 6. The Balaban J connectivity index is 0.00000220. The summed E-state index contributed by atoms with van der Waals surface area (Å²) in [6, 6.07) is 9.34. The average Bonchev–Trinajstić information content (AvgIpc) is 2.88. The first kappa shape index (κ1) is 16.5. The highest BCUT2D eigenvalue weighted by Gasteiger charge is 2.04. The summed E-state index contributed by atoms with van der Waals surface area (Å²) in [4.78, 5) is 10.0. The zero-order valence-corrected chi connectivity index (χ0v) is 11.9. The third kappa shape index (κ3) is 4.81. The molecule has 0 spiro atoms. The van der Waals surface area contributed by atoms with E-state index in [0.717, 1.165) is 22.6 Å². The Morgan fingerprint density at radius 1 is 1.43 bits per heavy atom. The standard InChI is InChI=1S/C13H15N5O2.ClH/c14-13(15)16-10-3-1-9(2-4-10)12-7-11(17-18-12)5-6-20-8-19;/h1-4,7-8H,5-6H2,(H,17,18)(H4,14,15,16);1H. The third-order valence-electron chi connectivity index (χ3n) is 2.65. The van der Waals surface area contributed by atoms with Crippen LogP contribution in [-0.2, 0) is 16.0 Å². The van der Waals surface area contributed by atoms with Crippen molar-refractivity contribution in [3.8, 4) is 11.3 Å². The van der Waals surface area contributed by atoms with E-state index in [1.807, 2.05) is 30.3 Å². The third-order valence-corrected chi connectivity index (χ3v) is 2.65. The fourth-order valence-corrected chi connectivity index (χ4v) is 1.74. The molecular weight excluding hydrogens is 294 g/mol. The molecule has 2 rings (SSSR count). The molecule has 8 heteroatoms. The summed E-state index contributed by atoms with van der Waals surface area (Å²) in [7, 11) is 0. The molecule has 0 atom stereocenters. The van der Waals surface area contributed by atoms with Crippen LogP contribution in [0.4, 0.5) is 5.69 Å². The van der Waals surface area contributed by atoms with E-state index in [1.165, 1.54) is 0 Å². The number of hydrogen-bond donors (Lipinski definition) is 4. The van der Waals surface area contributed by atoms with Crippen LogP contribution in [-0.4, -0.2) is 29.2 Å². The topological polar surface area (TPSA) is 117 Å². The first-order valence-electron chi connectivity index (χ1n) is 6.00. The predicted octanol–water partition coefficient (Wildman–Crippen LogP) is 1.52. The molecule has 112 valence electrons. The van der Waals surface area contributed by atoms with Crippen LogP contribution in [0.3, 0.4) is 0 Å². The molecule has 0 radical (unpaired) electrons. The van der Waals surface area contributed by atoms with Crippen molar-refractivity contribution in [2.75, 3.05) is 11.9 Å². The van der Waals surface area contributed by atoms with Crippen LogP contribution < -0.4 is 11.1 Å². The lowest BCUT2D eigenvalue weighted by Gasteiger charge is -2.04. The van der Waals surface area contributed by atoms with Gasteiger partial charge in [-0.25, -0.2) is 0 Å². The van der Waals surface area contributed by atoms with Gasteiger partial charge in [-0.05, 0) is 23.8 Å². The maximum Gasteiger partial charge on any atom is 0.293 e. The Labute approximate surface area is 127 Å². The van der Waals surface area contributed by atoms with Crippen molar-refractivity contribution in [2.24, 2.45) is 5.73 Å². The predicted molar refractivity (Wildman–Crippen MR) is 82.5 cm³/mol. The molecule has 0 saturated carbocycles. The van der Waals surface area contributed by atoms with E-state index in [9.17, 15) is 4.79 Å². The van der Waals surface area contributed by atoms with Gasteiger partial charge in [0, 0.05) is 12.1 Å². The van der Waals surface area contributed by atoms with Crippen LogP contribution in [0.5, 0.6) is 0 Å². The number of anilines is 1. The zero-order chi connectivity index (χ0) is 14.4. The quantitative estimate of drug-likeness (QED) is 0.279. The number of aromatic amines is 1. The number of carbonyl (C=O) groups is 1. The van der Waals surface area contributed by atoms with Crippen LogP contribution in [0.25, 0.3) is 11.3 Å². The highest BCUT2D eigenvalue weighted by Crippen LogP contribution is 2.20. The Hall–Kier alpha value is -2.54. The minimum absolute atomic E-state index is 0. The van der Waals surface area contributed by atoms with Gasteiger partial charge in [0.1, 0.15) is 0 Å².